The van der Waals surface area contributed by atoms with Gasteiger partial charge in [0.15, 0.2) is 0 Å². The Morgan fingerprint density at radius 2 is 2.33 bits per heavy atom. The van der Waals surface area contributed by atoms with E-state index < -0.39 is 0 Å². The maximum absolute atomic E-state index is 5.81. The van der Waals surface area contributed by atoms with Crippen LogP contribution in [0.2, 0.25) is 5.15 Å². The van der Waals surface area contributed by atoms with Gasteiger partial charge in [-0.2, -0.15) is 5.10 Å². The summed E-state index contributed by atoms with van der Waals surface area (Å²) in [6, 6.07) is 3.99. The Bertz CT molecular complexity index is 490. The van der Waals surface area contributed by atoms with Crippen LogP contribution in [0.25, 0.3) is 11.0 Å². The molecule has 3 heterocycles. The second-order valence-electron chi connectivity index (χ2n) is 3.66. The SMILES string of the molecule is Clc1ccc2nn(C3CCOC3)cc2n1. The molecular formula is C10H10ClN3O. The molecule has 1 aliphatic rings. The van der Waals surface area contributed by atoms with Crippen LogP contribution in [-0.2, 0) is 4.74 Å². The Kier molecular flexibility index (Phi) is 2.11. The van der Waals surface area contributed by atoms with Gasteiger partial charge in [-0.05, 0) is 18.6 Å². The topological polar surface area (TPSA) is 39.9 Å². The maximum atomic E-state index is 5.81. The van der Waals surface area contributed by atoms with Gasteiger partial charge >= 0.3 is 0 Å². The molecule has 0 bridgehead atoms. The average molecular weight is 224 g/mol. The highest BCUT2D eigenvalue weighted by atomic mass is 35.5. The van der Waals surface area contributed by atoms with Gasteiger partial charge < -0.3 is 4.74 Å². The van der Waals surface area contributed by atoms with Crippen LogP contribution in [0.4, 0.5) is 0 Å². The van der Waals surface area contributed by atoms with E-state index >= 15 is 0 Å². The van der Waals surface area contributed by atoms with Crippen LogP contribution in [0.15, 0.2) is 18.3 Å². The van der Waals surface area contributed by atoms with E-state index in [0.717, 1.165) is 30.7 Å². The highest BCUT2D eigenvalue weighted by Gasteiger charge is 2.18. The summed E-state index contributed by atoms with van der Waals surface area (Å²) in [7, 11) is 0. The van der Waals surface area contributed by atoms with Crippen molar-refractivity contribution in [1.29, 1.82) is 0 Å². The molecule has 0 amide bonds. The lowest BCUT2D eigenvalue weighted by Gasteiger charge is -2.05. The minimum Gasteiger partial charge on any atom is -0.379 e. The van der Waals surface area contributed by atoms with Crippen LogP contribution in [0.5, 0.6) is 0 Å². The smallest absolute Gasteiger partial charge is 0.129 e. The summed E-state index contributed by atoms with van der Waals surface area (Å²) >= 11 is 5.81. The third-order valence-corrected chi connectivity index (χ3v) is 2.84. The molecule has 5 heteroatoms. The van der Waals surface area contributed by atoms with E-state index in [2.05, 4.69) is 10.1 Å². The molecule has 0 spiro atoms. The fraction of sp³-hybridized carbons (Fsp3) is 0.400. The Morgan fingerprint density at radius 3 is 3.13 bits per heavy atom. The molecule has 2 aromatic rings. The Hall–Kier alpha value is -1.13. The molecule has 3 rings (SSSR count). The number of hydrogen-bond donors (Lipinski definition) is 0. The van der Waals surface area contributed by atoms with Gasteiger partial charge in [-0.15, -0.1) is 0 Å². The second kappa shape index (κ2) is 3.47. The van der Waals surface area contributed by atoms with E-state index in [0.29, 0.717) is 11.2 Å². The zero-order valence-corrected chi connectivity index (χ0v) is 8.81. The van der Waals surface area contributed by atoms with Crippen molar-refractivity contribution < 1.29 is 4.74 Å². The molecular weight excluding hydrogens is 214 g/mol. The number of rotatable bonds is 1. The minimum absolute atomic E-state index is 0.345. The number of ether oxygens (including phenoxy) is 1. The number of aromatic nitrogens is 3. The van der Waals surface area contributed by atoms with E-state index in [4.69, 9.17) is 16.3 Å². The molecule has 0 N–H and O–H groups in total. The van der Waals surface area contributed by atoms with Crippen LogP contribution in [-0.4, -0.2) is 28.0 Å². The van der Waals surface area contributed by atoms with E-state index in [9.17, 15) is 0 Å². The van der Waals surface area contributed by atoms with Crippen LogP contribution < -0.4 is 0 Å². The van der Waals surface area contributed by atoms with Gasteiger partial charge in [0.05, 0.1) is 18.8 Å². The number of fused-ring (bicyclic) bond motifs is 1. The molecule has 1 saturated heterocycles. The highest BCUT2D eigenvalue weighted by molar-refractivity contribution is 6.29. The zero-order chi connectivity index (χ0) is 10.3. The maximum Gasteiger partial charge on any atom is 0.129 e. The number of nitrogens with zero attached hydrogens (tertiary/aromatic N) is 3. The summed E-state index contributed by atoms with van der Waals surface area (Å²) in [4.78, 5) is 4.21. The van der Waals surface area contributed by atoms with Crippen molar-refractivity contribution in [3.63, 3.8) is 0 Å². The van der Waals surface area contributed by atoms with E-state index in [1.54, 1.807) is 6.07 Å². The molecule has 2 aromatic heterocycles. The van der Waals surface area contributed by atoms with Gasteiger partial charge in [-0.1, -0.05) is 11.6 Å². The molecule has 0 radical (unpaired) electrons. The Morgan fingerprint density at radius 1 is 1.40 bits per heavy atom. The molecule has 78 valence electrons. The first kappa shape index (κ1) is 9.12. The standard InChI is InChI=1S/C10H10ClN3O/c11-10-2-1-8-9(12-10)5-14(13-8)7-3-4-15-6-7/h1-2,5,7H,3-4,6H2. The van der Waals surface area contributed by atoms with Crippen LogP contribution in [0, 0.1) is 0 Å². The normalized spacial score (nSPS) is 21.3. The van der Waals surface area contributed by atoms with Crippen molar-refractivity contribution in [1.82, 2.24) is 14.8 Å². The van der Waals surface area contributed by atoms with E-state index in [1.165, 1.54) is 0 Å². The number of pyridine rings is 1. The predicted octanol–water partition coefficient (Wildman–Crippen LogP) is 2.05. The van der Waals surface area contributed by atoms with Gasteiger partial charge in [0.1, 0.15) is 16.2 Å². The Labute approximate surface area is 91.8 Å². The number of hydrogen-bond acceptors (Lipinski definition) is 3. The molecule has 15 heavy (non-hydrogen) atoms. The third-order valence-electron chi connectivity index (χ3n) is 2.63. The fourth-order valence-electron chi connectivity index (χ4n) is 1.82. The summed E-state index contributed by atoms with van der Waals surface area (Å²) in [5, 5.41) is 4.96. The molecule has 1 unspecified atom stereocenters. The first-order valence-electron chi connectivity index (χ1n) is 4.92. The van der Waals surface area contributed by atoms with E-state index in [1.807, 2.05) is 16.9 Å². The van der Waals surface area contributed by atoms with Crippen molar-refractivity contribution >= 4 is 22.6 Å². The number of halogens is 1. The van der Waals surface area contributed by atoms with Gasteiger partial charge in [0.2, 0.25) is 0 Å². The lowest BCUT2D eigenvalue weighted by Crippen LogP contribution is -2.08. The van der Waals surface area contributed by atoms with Gasteiger partial charge in [0.25, 0.3) is 0 Å². The zero-order valence-electron chi connectivity index (χ0n) is 8.06. The van der Waals surface area contributed by atoms with Gasteiger partial charge in [-0.3, -0.25) is 4.68 Å². The summed E-state index contributed by atoms with van der Waals surface area (Å²) in [6.07, 6.45) is 2.95. The van der Waals surface area contributed by atoms with Crippen molar-refractivity contribution in [3.05, 3.63) is 23.5 Å². The molecule has 0 saturated carbocycles. The van der Waals surface area contributed by atoms with Crippen LogP contribution in [0.3, 0.4) is 0 Å². The first-order chi connectivity index (χ1) is 7.33. The highest BCUT2D eigenvalue weighted by Crippen LogP contribution is 2.21. The molecule has 1 fully saturated rings. The summed E-state index contributed by atoms with van der Waals surface area (Å²) in [5.74, 6) is 0. The molecule has 0 aromatic carbocycles. The minimum atomic E-state index is 0.345. The fourth-order valence-corrected chi connectivity index (χ4v) is 1.97. The monoisotopic (exact) mass is 223 g/mol. The van der Waals surface area contributed by atoms with Crippen molar-refractivity contribution in [2.45, 2.75) is 12.5 Å². The quantitative estimate of drug-likeness (QED) is 0.695. The van der Waals surface area contributed by atoms with Crippen molar-refractivity contribution in [3.8, 4) is 0 Å². The predicted molar refractivity (Wildman–Crippen MR) is 57.0 cm³/mol. The van der Waals surface area contributed by atoms with Gasteiger partial charge in [0, 0.05) is 6.61 Å². The summed E-state index contributed by atoms with van der Waals surface area (Å²) < 4.78 is 7.26. The lowest BCUT2D eigenvalue weighted by molar-refractivity contribution is 0.184. The Balaban J connectivity index is 2.05. The lowest BCUT2D eigenvalue weighted by atomic mass is 10.3. The third kappa shape index (κ3) is 1.60. The van der Waals surface area contributed by atoms with Crippen LogP contribution in [0.1, 0.15) is 12.5 Å². The van der Waals surface area contributed by atoms with Crippen molar-refractivity contribution in [2.75, 3.05) is 13.2 Å². The van der Waals surface area contributed by atoms with Gasteiger partial charge in [-0.25, -0.2) is 4.98 Å². The largest absolute Gasteiger partial charge is 0.379 e. The average Bonchev–Trinajstić information content (AvgIpc) is 2.84. The molecule has 0 aliphatic carbocycles. The van der Waals surface area contributed by atoms with E-state index in [-0.39, 0.29) is 0 Å². The second-order valence-corrected chi connectivity index (χ2v) is 4.05. The summed E-state index contributed by atoms with van der Waals surface area (Å²) in [5.41, 5.74) is 1.72. The van der Waals surface area contributed by atoms with Crippen LogP contribution >= 0.6 is 11.6 Å². The summed E-state index contributed by atoms with van der Waals surface area (Å²) in [6.45, 7) is 1.55. The van der Waals surface area contributed by atoms with Crippen molar-refractivity contribution in [2.24, 2.45) is 0 Å². The molecule has 1 aliphatic heterocycles. The molecule has 1 atom stereocenters. The molecule has 4 nitrogen and oxygen atoms in total. The first-order valence-corrected chi connectivity index (χ1v) is 5.30.